The first-order chi connectivity index (χ1) is 15.4. The average Bonchev–Trinajstić information content (AvgIpc) is 3.10. The van der Waals surface area contributed by atoms with E-state index in [9.17, 15) is 14.4 Å². The SMILES string of the molecule is COCCCC(NC(=O)OCC1c2ccccc2-c2ccccc21)C(=O)N(C)CC(=O)O. The Labute approximate surface area is 187 Å². The van der Waals surface area contributed by atoms with Gasteiger partial charge in [0, 0.05) is 26.7 Å². The van der Waals surface area contributed by atoms with Crippen LogP contribution in [0.1, 0.15) is 29.9 Å². The van der Waals surface area contributed by atoms with E-state index in [1.54, 1.807) is 7.11 Å². The normalized spacial score (nSPS) is 13.1. The number of carboxylic acid groups (broad SMARTS) is 1. The predicted octanol–water partition coefficient (Wildman–Crippen LogP) is 2.86. The number of methoxy groups -OCH3 is 1. The minimum absolute atomic E-state index is 0.0922. The smallest absolute Gasteiger partial charge is 0.407 e. The number of nitrogens with one attached hydrogen (secondary N) is 1. The number of hydrogen-bond donors (Lipinski definition) is 2. The van der Waals surface area contributed by atoms with E-state index in [1.165, 1.54) is 7.05 Å². The standard InChI is InChI=1S/C24H28N2O6/c1-26(14-22(27)28)23(29)21(12-7-13-31-2)25-24(30)32-15-20-18-10-5-3-8-16(18)17-9-4-6-11-19(17)20/h3-6,8-11,20-21H,7,12-15H2,1-2H3,(H,25,30)(H,27,28). The van der Waals surface area contributed by atoms with Crippen molar-refractivity contribution in [2.45, 2.75) is 24.8 Å². The predicted molar refractivity (Wildman–Crippen MR) is 118 cm³/mol. The lowest BCUT2D eigenvalue weighted by Gasteiger charge is -2.23. The molecule has 0 fully saturated rings. The number of hydrogen-bond acceptors (Lipinski definition) is 5. The first-order valence-corrected chi connectivity index (χ1v) is 10.5. The topological polar surface area (TPSA) is 105 Å². The molecule has 2 amide bonds. The molecule has 32 heavy (non-hydrogen) atoms. The summed E-state index contributed by atoms with van der Waals surface area (Å²) in [6.45, 7) is 0.0918. The molecule has 1 aliphatic carbocycles. The average molecular weight is 440 g/mol. The highest BCUT2D eigenvalue weighted by Crippen LogP contribution is 2.44. The Morgan fingerprint density at radius 2 is 1.66 bits per heavy atom. The van der Waals surface area contributed by atoms with Crippen molar-refractivity contribution in [3.63, 3.8) is 0 Å². The van der Waals surface area contributed by atoms with E-state index in [4.69, 9.17) is 14.6 Å². The number of fused-ring (bicyclic) bond motifs is 3. The molecule has 0 spiro atoms. The lowest BCUT2D eigenvalue weighted by molar-refractivity contribution is -0.144. The van der Waals surface area contributed by atoms with E-state index in [2.05, 4.69) is 17.4 Å². The number of benzene rings is 2. The first-order valence-electron chi connectivity index (χ1n) is 10.5. The zero-order chi connectivity index (χ0) is 23.1. The van der Waals surface area contributed by atoms with E-state index >= 15 is 0 Å². The van der Waals surface area contributed by atoms with Crippen LogP contribution < -0.4 is 5.32 Å². The van der Waals surface area contributed by atoms with Gasteiger partial charge in [-0.3, -0.25) is 9.59 Å². The Morgan fingerprint density at radius 1 is 1.06 bits per heavy atom. The Kier molecular flexibility index (Phi) is 7.83. The van der Waals surface area contributed by atoms with Crippen LogP contribution in [0.25, 0.3) is 11.1 Å². The van der Waals surface area contributed by atoms with Crippen molar-refractivity contribution >= 4 is 18.0 Å². The Bertz CT molecular complexity index is 931. The van der Waals surface area contributed by atoms with Crippen molar-refractivity contribution < 1.29 is 29.0 Å². The number of ether oxygens (including phenoxy) is 2. The molecule has 2 aromatic carbocycles. The second-order valence-corrected chi connectivity index (χ2v) is 7.75. The Balaban J connectivity index is 1.66. The first kappa shape index (κ1) is 23.3. The summed E-state index contributed by atoms with van der Waals surface area (Å²) in [4.78, 5) is 37.2. The van der Waals surface area contributed by atoms with Crippen molar-refractivity contribution in [2.75, 3.05) is 33.9 Å². The molecule has 1 unspecified atom stereocenters. The number of carboxylic acids is 1. The molecule has 0 bridgehead atoms. The van der Waals surface area contributed by atoms with E-state index < -0.39 is 30.6 Å². The van der Waals surface area contributed by atoms with Crippen LogP contribution in [0.3, 0.4) is 0 Å². The fraction of sp³-hybridized carbons (Fsp3) is 0.375. The minimum Gasteiger partial charge on any atom is -0.480 e. The molecule has 0 radical (unpaired) electrons. The molecular formula is C24H28N2O6. The maximum absolute atomic E-state index is 12.6. The van der Waals surface area contributed by atoms with Crippen molar-refractivity contribution in [2.24, 2.45) is 0 Å². The van der Waals surface area contributed by atoms with Gasteiger partial charge in [0.05, 0.1) is 0 Å². The van der Waals surface area contributed by atoms with Gasteiger partial charge in [0.25, 0.3) is 0 Å². The van der Waals surface area contributed by atoms with E-state index in [-0.39, 0.29) is 12.5 Å². The summed E-state index contributed by atoms with van der Waals surface area (Å²) >= 11 is 0. The molecule has 3 rings (SSSR count). The third-order valence-electron chi connectivity index (χ3n) is 5.52. The monoisotopic (exact) mass is 440 g/mol. The summed E-state index contributed by atoms with van der Waals surface area (Å²) < 4.78 is 10.5. The molecule has 8 nitrogen and oxygen atoms in total. The quantitative estimate of drug-likeness (QED) is 0.551. The van der Waals surface area contributed by atoms with Crippen molar-refractivity contribution in [3.8, 4) is 11.1 Å². The van der Waals surface area contributed by atoms with Crippen molar-refractivity contribution in [3.05, 3.63) is 59.7 Å². The number of amides is 2. The number of aliphatic carboxylic acids is 1. The second kappa shape index (κ2) is 10.8. The summed E-state index contributed by atoms with van der Waals surface area (Å²) in [5.41, 5.74) is 4.44. The highest BCUT2D eigenvalue weighted by Gasteiger charge is 2.30. The van der Waals surface area contributed by atoms with Gasteiger partial charge in [-0.15, -0.1) is 0 Å². The highest BCUT2D eigenvalue weighted by molar-refractivity contribution is 5.88. The summed E-state index contributed by atoms with van der Waals surface area (Å²) in [5.74, 6) is -1.71. The maximum atomic E-state index is 12.6. The maximum Gasteiger partial charge on any atom is 0.407 e. The van der Waals surface area contributed by atoms with Gasteiger partial charge in [0.1, 0.15) is 19.2 Å². The molecule has 0 saturated carbocycles. The molecule has 2 aromatic rings. The molecular weight excluding hydrogens is 412 g/mol. The summed E-state index contributed by atoms with van der Waals surface area (Å²) in [6, 6.07) is 15.1. The van der Waals surface area contributed by atoms with E-state index in [1.807, 2.05) is 36.4 Å². The zero-order valence-electron chi connectivity index (χ0n) is 18.2. The lowest BCUT2D eigenvalue weighted by Crippen LogP contribution is -2.48. The minimum atomic E-state index is -1.13. The largest absolute Gasteiger partial charge is 0.480 e. The molecule has 0 saturated heterocycles. The van der Waals surface area contributed by atoms with Gasteiger partial charge in [0.2, 0.25) is 5.91 Å². The third kappa shape index (κ3) is 5.45. The van der Waals surface area contributed by atoms with Crippen LogP contribution in [0, 0.1) is 0 Å². The number of nitrogens with zero attached hydrogens (tertiary/aromatic N) is 1. The molecule has 1 atom stereocenters. The number of carbonyl (C=O) groups excluding carboxylic acids is 2. The summed E-state index contributed by atoms with van der Waals surface area (Å²) in [5, 5.41) is 11.6. The molecule has 2 N–H and O–H groups in total. The van der Waals surface area contributed by atoms with Crippen LogP contribution in [0.5, 0.6) is 0 Å². The fourth-order valence-electron chi connectivity index (χ4n) is 4.02. The van der Waals surface area contributed by atoms with E-state index in [0.717, 1.165) is 27.2 Å². The van der Waals surface area contributed by atoms with Crippen LogP contribution in [0.15, 0.2) is 48.5 Å². The van der Waals surface area contributed by atoms with Crippen molar-refractivity contribution in [1.29, 1.82) is 0 Å². The number of carbonyl (C=O) groups is 3. The number of rotatable bonds is 10. The van der Waals surface area contributed by atoms with Gasteiger partial charge in [-0.2, -0.15) is 0 Å². The fourth-order valence-corrected chi connectivity index (χ4v) is 4.02. The van der Waals surface area contributed by atoms with Crippen LogP contribution in [-0.4, -0.2) is 67.9 Å². The molecule has 0 heterocycles. The summed E-state index contributed by atoms with van der Waals surface area (Å²) in [7, 11) is 2.94. The van der Waals surface area contributed by atoms with Gasteiger partial charge in [-0.05, 0) is 35.1 Å². The van der Waals surface area contributed by atoms with Crippen LogP contribution in [0.4, 0.5) is 4.79 Å². The number of likely N-dealkylation sites (N-methyl/N-ethyl adjacent to an activating group) is 1. The van der Waals surface area contributed by atoms with Crippen LogP contribution in [0.2, 0.25) is 0 Å². The second-order valence-electron chi connectivity index (χ2n) is 7.75. The van der Waals surface area contributed by atoms with Crippen LogP contribution in [-0.2, 0) is 19.1 Å². The number of alkyl carbamates (subject to hydrolysis) is 1. The highest BCUT2D eigenvalue weighted by atomic mass is 16.5. The van der Waals surface area contributed by atoms with Gasteiger partial charge in [0.15, 0.2) is 0 Å². The Morgan fingerprint density at radius 3 is 2.22 bits per heavy atom. The summed E-state index contributed by atoms with van der Waals surface area (Å²) in [6.07, 6.45) is 0.115. The molecule has 0 aliphatic heterocycles. The van der Waals surface area contributed by atoms with Gasteiger partial charge < -0.3 is 24.8 Å². The third-order valence-corrected chi connectivity index (χ3v) is 5.52. The zero-order valence-corrected chi connectivity index (χ0v) is 18.2. The van der Waals surface area contributed by atoms with Gasteiger partial charge in [-0.25, -0.2) is 4.79 Å². The Hall–Kier alpha value is -3.39. The van der Waals surface area contributed by atoms with Crippen LogP contribution >= 0.6 is 0 Å². The molecule has 170 valence electrons. The molecule has 8 heteroatoms. The molecule has 0 aromatic heterocycles. The van der Waals surface area contributed by atoms with E-state index in [0.29, 0.717) is 19.4 Å². The lowest BCUT2D eigenvalue weighted by atomic mass is 9.98. The molecule has 1 aliphatic rings. The van der Waals surface area contributed by atoms with Crippen molar-refractivity contribution in [1.82, 2.24) is 10.2 Å². The van der Waals surface area contributed by atoms with Gasteiger partial charge >= 0.3 is 12.1 Å². The van der Waals surface area contributed by atoms with Gasteiger partial charge in [-0.1, -0.05) is 48.5 Å².